The zero-order valence-electron chi connectivity index (χ0n) is 12.6. The van der Waals surface area contributed by atoms with E-state index >= 15 is 0 Å². The summed E-state index contributed by atoms with van der Waals surface area (Å²) < 4.78 is 13.7. The molecule has 4 heteroatoms. The van der Waals surface area contributed by atoms with Gasteiger partial charge in [-0.3, -0.25) is 0 Å². The zero-order chi connectivity index (χ0) is 14.8. The third-order valence-corrected chi connectivity index (χ3v) is 4.88. The van der Waals surface area contributed by atoms with Crippen LogP contribution in [0.1, 0.15) is 44.1 Å². The highest BCUT2D eigenvalue weighted by molar-refractivity contribution is 5.78. The molecule has 1 saturated carbocycles. The molecule has 0 atom stereocenters. The molecule has 0 aromatic heterocycles. The minimum atomic E-state index is -0.0945. The van der Waals surface area contributed by atoms with Gasteiger partial charge in [-0.15, -0.1) is 0 Å². The second-order valence-corrected chi connectivity index (χ2v) is 6.50. The number of nitrogens with two attached hydrogens (primary N) is 1. The number of aliphatic imine (C=N–C) groups is 1. The van der Waals surface area contributed by atoms with E-state index in [9.17, 15) is 4.39 Å². The van der Waals surface area contributed by atoms with Crippen molar-refractivity contribution in [2.24, 2.45) is 16.6 Å². The number of guanidine groups is 1. The Balaban J connectivity index is 1.54. The molecule has 21 heavy (non-hydrogen) atoms. The Labute approximate surface area is 126 Å². The van der Waals surface area contributed by atoms with Crippen LogP contribution in [0.4, 0.5) is 4.39 Å². The molecule has 0 bridgehead atoms. The zero-order valence-corrected chi connectivity index (χ0v) is 12.6. The van der Waals surface area contributed by atoms with Crippen LogP contribution < -0.4 is 5.73 Å². The summed E-state index contributed by atoms with van der Waals surface area (Å²) in [6, 6.07) is 7.32. The Bertz CT molecular complexity index is 515. The van der Waals surface area contributed by atoms with Gasteiger partial charge in [-0.05, 0) is 49.1 Å². The first-order chi connectivity index (χ1) is 10.1. The Hall–Kier alpha value is -1.58. The third-order valence-electron chi connectivity index (χ3n) is 4.88. The summed E-state index contributed by atoms with van der Waals surface area (Å²) in [5.41, 5.74) is 6.95. The first-order valence-corrected chi connectivity index (χ1v) is 7.96. The fourth-order valence-electron chi connectivity index (χ4n) is 3.26. The van der Waals surface area contributed by atoms with Crippen molar-refractivity contribution in [1.29, 1.82) is 0 Å². The summed E-state index contributed by atoms with van der Waals surface area (Å²) in [5, 5.41) is 0. The van der Waals surface area contributed by atoms with Crippen molar-refractivity contribution in [1.82, 2.24) is 4.90 Å². The molecule has 1 heterocycles. The summed E-state index contributed by atoms with van der Waals surface area (Å²) in [6.07, 6.45) is 4.20. The average molecular weight is 289 g/mol. The first kappa shape index (κ1) is 14.4. The van der Waals surface area contributed by atoms with E-state index in [0.29, 0.717) is 11.9 Å². The highest BCUT2D eigenvalue weighted by Crippen LogP contribution is 2.39. The maximum atomic E-state index is 13.7. The minimum Gasteiger partial charge on any atom is -0.370 e. The van der Waals surface area contributed by atoms with E-state index < -0.39 is 0 Å². The van der Waals surface area contributed by atoms with E-state index in [4.69, 9.17) is 5.73 Å². The molecular formula is C17H24FN3. The molecule has 0 amide bonds. The lowest BCUT2D eigenvalue weighted by Crippen LogP contribution is -2.44. The standard InChI is InChI=1S/C17H24FN3/c1-12-6-8-21(9-7-12)17(19)20-14-10-13(11-14)15-4-2-3-5-16(15)18/h2-5,12-14H,6-11H2,1H3,(H2,19,20). The van der Waals surface area contributed by atoms with E-state index in [-0.39, 0.29) is 11.9 Å². The normalized spacial score (nSPS) is 27.5. The predicted molar refractivity (Wildman–Crippen MR) is 83.8 cm³/mol. The van der Waals surface area contributed by atoms with Crippen LogP contribution in [0.15, 0.2) is 29.3 Å². The molecule has 1 aliphatic heterocycles. The number of benzene rings is 1. The molecule has 114 valence electrons. The van der Waals surface area contributed by atoms with E-state index in [2.05, 4.69) is 16.8 Å². The fraction of sp³-hybridized carbons (Fsp3) is 0.588. The molecule has 1 aromatic carbocycles. The summed E-state index contributed by atoms with van der Waals surface area (Å²) in [7, 11) is 0. The van der Waals surface area contributed by atoms with Gasteiger partial charge in [0, 0.05) is 13.1 Å². The summed E-state index contributed by atoms with van der Waals surface area (Å²) in [6.45, 7) is 4.32. The van der Waals surface area contributed by atoms with Crippen molar-refractivity contribution in [2.45, 2.75) is 44.6 Å². The molecule has 1 aromatic rings. The Morgan fingerprint density at radius 1 is 1.24 bits per heavy atom. The van der Waals surface area contributed by atoms with Crippen LogP contribution in [-0.4, -0.2) is 30.0 Å². The summed E-state index contributed by atoms with van der Waals surface area (Å²) in [5.74, 6) is 1.68. The van der Waals surface area contributed by atoms with Crippen LogP contribution in [0.25, 0.3) is 0 Å². The molecular weight excluding hydrogens is 265 g/mol. The van der Waals surface area contributed by atoms with Gasteiger partial charge >= 0.3 is 0 Å². The summed E-state index contributed by atoms with van der Waals surface area (Å²) in [4.78, 5) is 6.83. The van der Waals surface area contributed by atoms with E-state index in [1.807, 2.05) is 12.1 Å². The van der Waals surface area contributed by atoms with Gasteiger partial charge in [0.05, 0.1) is 6.04 Å². The number of hydrogen-bond acceptors (Lipinski definition) is 1. The highest BCUT2D eigenvalue weighted by atomic mass is 19.1. The number of hydrogen-bond donors (Lipinski definition) is 1. The lowest BCUT2D eigenvalue weighted by Gasteiger charge is -2.36. The third kappa shape index (κ3) is 3.20. The minimum absolute atomic E-state index is 0.0945. The van der Waals surface area contributed by atoms with Crippen LogP contribution in [0.5, 0.6) is 0 Å². The number of rotatable bonds is 2. The molecule has 2 N–H and O–H groups in total. The van der Waals surface area contributed by atoms with Gasteiger partial charge < -0.3 is 10.6 Å². The van der Waals surface area contributed by atoms with Crippen LogP contribution >= 0.6 is 0 Å². The van der Waals surface area contributed by atoms with E-state index in [1.165, 1.54) is 18.9 Å². The van der Waals surface area contributed by atoms with Crippen molar-refractivity contribution in [3.63, 3.8) is 0 Å². The van der Waals surface area contributed by atoms with Gasteiger partial charge in [0.1, 0.15) is 5.82 Å². The van der Waals surface area contributed by atoms with E-state index in [1.54, 1.807) is 6.07 Å². The van der Waals surface area contributed by atoms with Gasteiger partial charge in [0.25, 0.3) is 0 Å². The molecule has 0 radical (unpaired) electrons. The van der Waals surface area contributed by atoms with Crippen molar-refractivity contribution in [2.75, 3.05) is 13.1 Å². The lowest BCUT2D eigenvalue weighted by atomic mass is 9.76. The van der Waals surface area contributed by atoms with Gasteiger partial charge in [-0.2, -0.15) is 0 Å². The maximum Gasteiger partial charge on any atom is 0.191 e. The molecule has 2 fully saturated rings. The largest absolute Gasteiger partial charge is 0.370 e. The van der Waals surface area contributed by atoms with Gasteiger partial charge in [-0.1, -0.05) is 25.1 Å². The van der Waals surface area contributed by atoms with E-state index in [0.717, 1.165) is 37.4 Å². The van der Waals surface area contributed by atoms with Crippen LogP contribution in [-0.2, 0) is 0 Å². The molecule has 2 aliphatic rings. The van der Waals surface area contributed by atoms with Gasteiger partial charge in [0.2, 0.25) is 0 Å². The van der Waals surface area contributed by atoms with Crippen molar-refractivity contribution in [3.8, 4) is 0 Å². The van der Waals surface area contributed by atoms with Crippen molar-refractivity contribution < 1.29 is 4.39 Å². The molecule has 3 nitrogen and oxygen atoms in total. The van der Waals surface area contributed by atoms with Crippen molar-refractivity contribution >= 4 is 5.96 Å². The Kier molecular flexibility index (Phi) is 4.13. The number of piperidine rings is 1. The number of nitrogens with zero attached hydrogens (tertiary/aromatic N) is 2. The predicted octanol–water partition coefficient (Wildman–Crippen LogP) is 3.12. The summed E-state index contributed by atoms with van der Waals surface area (Å²) >= 11 is 0. The SMILES string of the molecule is CC1CCN(C(N)=NC2CC(c3ccccc3F)C2)CC1. The van der Waals surface area contributed by atoms with Crippen LogP contribution in [0, 0.1) is 11.7 Å². The number of halogens is 1. The Morgan fingerprint density at radius 3 is 2.57 bits per heavy atom. The monoisotopic (exact) mass is 289 g/mol. The highest BCUT2D eigenvalue weighted by Gasteiger charge is 2.32. The maximum absolute atomic E-state index is 13.7. The Morgan fingerprint density at radius 2 is 1.90 bits per heavy atom. The second-order valence-electron chi connectivity index (χ2n) is 6.50. The van der Waals surface area contributed by atoms with Gasteiger partial charge in [0.15, 0.2) is 5.96 Å². The molecule has 0 spiro atoms. The smallest absolute Gasteiger partial charge is 0.191 e. The topological polar surface area (TPSA) is 41.6 Å². The van der Waals surface area contributed by atoms with Crippen molar-refractivity contribution in [3.05, 3.63) is 35.6 Å². The average Bonchev–Trinajstić information content (AvgIpc) is 2.44. The number of likely N-dealkylation sites (tertiary alicyclic amines) is 1. The molecule has 1 aliphatic carbocycles. The second kappa shape index (κ2) is 6.04. The molecule has 1 saturated heterocycles. The van der Waals surface area contributed by atoms with Gasteiger partial charge in [-0.25, -0.2) is 9.38 Å². The molecule has 3 rings (SSSR count). The lowest BCUT2D eigenvalue weighted by molar-refractivity contribution is 0.272. The quantitative estimate of drug-likeness (QED) is 0.671. The van der Waals surface area contributed by atoms with Crippen LogP contribution in [0.2, 0.25) is 0 Å². The van der Waals surface area contributed by atoms with Crippen LogP contribution in [0.3, 0.4) is 0 Å². The fourth-order valence-corrected chi connectivity index (χ4v) is 3.26. The first-order valence-electron chi connectivity index (χ1n) is 7.96. The molecule has 0 unspecified atom stereocenters.